The Morgan fingerprint density at radius 2 is 0.979 bits per heavy atom. The summed E-state index contributed by atoms with van der Waals surface area (Å²) in [6, 6.07) is 0. The number of esters is 2. The van der Waals surface area contributed by atoms with E-state index in [1.807, 2.05) is 0 Å². The first-order chi connectivity index (χ1) is 22.9. The highest BCUT2D eigenvalue weighted by Gasteiger charge is 2.30. The maximum Gasteiger partial charge on any atom is 0.309 e. The minimum absolute atomic E-state index is 0.0631. The van der Waals surface area contributed by atoms with E-state index >= 15 is 0 Å². The third-order valence-electron chi connectivity index (χ3n) is 9.10. The Kier molecular flexibility index (Phi) is 33.1. The number of carbonyl (C=O) groups is 2. The van der Waals surface area contributed by atoms with Crippen LogP contribution in [0.15, 0.2) is 24.3 Å². The lowest BCUT2D eigenvalue weighted by atomic mass is 9.94. The van der Waals surface area contributed by atoms with Gasteiger partial charge in [-0.3, -0.25) is 9.59 Å². The molecular weight excluding hydrogens is 582 g/mol. The number of rotatable bonds is 34. The van der Waals surface area contributed by atoms with Gasteiger partial charge in [-0.1, -0.05) is 123 Å². The monoisotopic (exact) mass is 662 g/mol. The molecule has 0 aromatic rings. The number of ether oxygens (including phenoxy) is 2. The van der Waals surface area contributed by atoms with Crippen molar-refractivity contribution in [3.05, 3.63) is 24.3 Å². The summed E-state index contributed by atoms with van der Waals surface area (Å²) in [5.74, 6) is -0.281. The molecule has 0 heterocycles. The van der Waals surface area contributed by atoms with E-state index < -0.39 is 0 Å². The average molecular weight is 662 g/mol. The molecule has 47 heavy (non-hydrogen) atoms. The summed E-state index contributed by atoms with van der Waals surface area (Å²) in [7, 11) is 4.17. The summed E-state index contributed by atoms with van der Waals surface area (Å²) in [5.41, 5.74) is 0. The molecule has 0 saturated heterocycles. The third-order valence-corrected chi connectivity index (χ3v) is 9.10. The predicted octanol–water partition coefficient (Wildman–Crippen LogP) is 12.3. The minimum atomic E-state index is -0.387. The Morgan fingerprint density at radius 3 is 1.51 bits per heavy atom. The van der Waals surface area contributed by atoms with Crippen molar-refractivity contribution in [1.29, 1.82) is 0 Å². The van der Waals surface area contributed by atoms with Crippen molar-refractivity contribution in [3.63, 3.8) is 0 Å². The van der Waals surface area contributed by atoms with Crippen LogP contribution in [0.5, 0.6) is 0 Å². The second-order valence-corrected chi connectivity index (χ2v) is 14.1. The molecule has 0 N–H and O–H groups in total. The molecule has 0 spiro atoms. The Morgan fingerprint density at radius 1 is 0.511 bits per heavy atom. The number of nitrogens with zero attached hydrogens (tertiary/aromatic N) is 1. The topological polar surface area (TPSA) is 55.8 Å². The summed E-state index contributed by atoms with van der Waals surface area (Å²) in [5, 5.41) is 0. The van der Waals surface area contributed by atoms with Crippen LogP contribution in [0.1, 0.15) is 195 Å². The van der Waals surface area contributed by atoms with Gasteiger partial charge in [-0.05, 0) is 111 Å². The van der Waals surface area contributed by atoms with Gasteiger partial charge in [-0.15, -0.1) is 0 Å². The highest BCUT2D eigenvalue weighted by molar-refractivity contribution is 5.73. The number of carbonyl (C=O) groups excluding carboxylic acids is 2. The molecule has 3 atom stereocenters. The maximum atomic E-state index is 13.8. The van der Waals surface area contributed by atoms with Gasteiger partial charge in [0.2, 0.25) is 0 Å². The van der Waals surface area contributed by atoms with Gasteiger partial charge in [0, 0.05) is 6.42 Å². The number of allylic oxidation sites excluding steroid dienone is 4. The van der Waals surface area contributed by atoms with Gasteiger partial charge in [0.25, 0.3) is 0 Å². The molecule has 0 fully saturated rings. The first kappa shape index (κ1) is 45.4. The molecule has 0 radical (unpaired) electrons. The predicted molar refractivity (Wildman–Crippen MR) is 203 cm³/mol. The maximum absolute atomic E-state index is 13.8. The van der Waals surface area contributed by atoms with Crippen LogP contribution in [0.3, 0.4) is 0 Å². The fraction of sp³-hybridized carbons (Fsp3) is 0.857. The van der Waals surface area contributed by atoms with Gasteiger partial charge < -0.3 is 14.4 Å². The first-order valence-corrected chi connectivity index (χ1v) is 20.2. The van der Waals surface area contributed by atoms with Crippen LogP contribution < -0.4 is 0 Å². The highest BCUT2D eigenvalue weighted by atomic mass is 16.6. The zero-order valence-electron chi connectivity index (χ0n) is 32.2. The van der Waals surface area contributed by atoms with E-state index in [9.17, 15) is 9.59 Å². The Labute approximate surface area is 293 Å². The summed E-state index contributed by atoms with van der Waals surface area (Å²) in [4.78, 5) is 29.1. The zero-order valence-corrected chi connectivity index (χ0v) is 32.2. The lowest BCUT2D eigenvalue weighted by Gasteiger charge is -2.29. The molecule has 0 aromatic carbocycles. The molecule has 0 aromatic heterocycles. The largest absolute Gasteiger partial charge is 0.458 e. The van der Waals surface area contributed by atoms with Crippen molar-refractivity contribution in [2.24, 2.45) is 5.92 Å². The third kappa shape index (κ3) is 29.1. The van der Waals surface area contributed by atoms with Crippen molar-refractivity contribution in [1.82, 2.24) is 4.90 Å². The van der Waals surface area contributed by atoms with Gasteiger partial charge in [0.05, 0.1) is 5.92 Å². The summed E-state index contributed by atoms with van der Waals surface area (Å²) in [6.07, 6.45) is 35.3. The average Bonchev–Trinajstić information content (AvgIpc) is 3.05. The normalized spacial score (nSPS) is 13.9. The van der Waals surface area contributed by atoms with Crippen molar-refractivity contribution >= 4 is 11.9 Å². The SMILES string of the molecule is CCCCC/C=C\CCCC(OC(=O)CCCCCN(C)C)C(CCC/C=C\CCCCC)OC(=O)C(CCCC)CCCCCC. The summed E-state index contributed by atoms with van der Waals surface area (Å²) >= 11 is 0. The second kappa shape index (κ2) is 34.3. The minimum Gasteiger partial charge on any atom is -0.458 e. The molecular formula is C42H79NO4. The van der Waals surface area contributed by atoms with Crippen molar-refractivity contribution < 1.29 is 19.1 Å². The number of unbranched alkanes of at least 4 members (excludes halogenated alkanes) is 14. The molecule has 0 aliphatic heterocycles. The van der Waals surface area contributed by atoms with E-state index in [1.165, 1.54) is 57.8 Å². The lowest BCUT2D eigenvalue weighted by molar-refractivity contribution is -0.172. The number of hydrogen-bond acceptors (Lipinski definition) is 5. The zero-order chi connectivity index (χ0) is 34.8. The van der Waals surface area contributed by atoms with E-state index in [0.717, 1.165) is 109 Å². The van der Waals surface area contributed by atoms with E-state index in [2.05, 4.69) is 71.0 Å². The van der Waals surface area contributed by atoms with E-state index in [4.69, 9.17) is 9.47 Å². The van der Waals surface area contributed by atoms with Crippen LogP contribution in [-0.2, 0) is 19.1 Å². The molecule has 0 bridgehead atoms. The van der Waals surface area contributed by atoms with Gasteiger partial charge in [-0.25, -0.2) is 0 Å². The Bertz CT molecular complexity index is 762. The quantitative estimate of drug-likeness (QED) is 0.0390. The molecule has 0 saturated carbocycles. The van der Waals surface area contributed by atoms with Gasteiger partial charge in [0.1, 0.15) is 12.2 Å². The van der Waals surface area contributed by atoms with Crippen LogP contribution in [0, 0.1) is 5.92 Å². The smallest absolute Gasteiger partial charge is 0.309 e. The number of hydrogen-bond donors (Lipinski definition) is 0. The van der Waals surface area contributed by atoms with E-state index in [1.54, 1.807) is 0 Å². The van der Waals surface area contributed by atoms with Crippen molar-refractivity contribution in [2.45, 2.75) is 207 Å². The molecule has 5 nitrogen and oxygen atoms in total. The summed E-state index contributed by atoms with van der Waals surface area (Å²) < 4.78 is 12.6. The van der Waals surface area contributed by atoms with Crippen LogP contribution >= 0.6 is 0 Å². The van der Waals surface area contributed by atoms with Gasteiger partial charge in [0.15, 0.2) is 0 Å². The van der Waals surface area contributed by atoms with Crippen LogP contribution in [-0.4, -0.2) is 49.7 Å². The first-order valence-electron chi connectivity index (χ1n) is 20.2. The standard InChI is InChI=1S/C42H79NO4/c1-7-11-15-18-20-22-24-28-34-39(46-41(44)36-30-26-31-37-43(5)6)40(35-29-25-23-21-19-16-12-8-2)47-42(45)38(32-14-10-4)33-27-17-13-9-3/h20-23,38-40H,7-19,24-37H2,1-6H3/b22-20-,23-21-. The molecule has 0 amide bonds. The Balaban J connectivity index is 5.68. The molecule has 276 valence electrons. The second-order valence-electron chi connectivity index (χ2n) is 14.1. The fourth-order valence-corrected chi connectivity index (χ4v) is 6.01. The van der Waals surface area contributed by atoms with Gasteiger partial charge in [-0.2, -0.15) is 0 Å². The molecule has 3 unspecified atom stereocenters. The Hall–Kier alpha value is -1.62. The molecule has 5 heteroatoms. The van der Waals surface area contributed by atoms with Crippen LogP contribution in [0.2, 0.25) is 0 Å². The fourth-order valence-electron chi connectivity index (χ4n) is 6.01. The van der Waals surface area contributed by atoms with Crippen LogP contribution in [0.25, 0.3) is 0 Å². The molecule has 0 aliphatic carbocycles. The highest BCUT2D eigenvalue weighted by Crippen LogP contribution is 2.25. The van der Waals surface area contributed by atoms with Crippen molar-refractivity contribution in [2.75, 3.05) is 20.6 Å². The lowest BCUT2D eigenvalue weighted by Crippen LogP contribution is -2.37. The van der Waals surface area contributed by atoms with Crippen molar-refractivity contribution in [3.8, 4) is 0 Å². The molecule has 0 rings (SSSR count). The van der Waals surface area contributed by atoms with E-state index in [-0.39, 0.29) is 30.1 Å². The van der Waals surface area contributed by atoms with E-state index in [0.29, 0.717) is 6.42 Å². The molecule has 0 aliphatic rings. The van der Waals surface area contributed by atoms with Crippen LogP contribution in [0.4, 0.5) is 0 Å². The summed E-state index contributed by atoms with van der Waals surface area (Å²) in [6.45, 7) is 9.92. The van der Waals surface area contributed by atoms with Gasteiger partial charge >= 0.3 is 11.9 Å².